The summed E-state index contributed by atoms with van der Waals surface area (Å²) >= 11 is 0. The first kappa shape index (κ1) is 21.6. The zero-order valence-electron chi connectivity index (χ0n) is 16.5. The summed E-state index contributed by atoms with van der Waals surface area (Å²) in [7, 11) is -3.58. The van der Waals surface area contributed by atoms with Crippen molar-refractivity contribution < 1.29 is 13.2 Å². The van der Waals surface area contributed by atoms with E-state index < -0.39 is 10.0 Å². The third-order valence-corrected chi connectivity index (χ3v) is 5.91. The monoisotopic (exact) mass is 368 g/mol. The van der Waals surface area contributed by atoms with Crippen LogP contribution in [0.4, 0.5) is 0 Å². The highest BCUT2D eigenvalue weighted by molar-refractivity contribution is 7.89. The predicted molar refractivity (Wildman–Crippen MR) is 102 cm³/mol. The molecule has 0 aliphatic rings. The van der Waals surface area contributed by atoms with Crippen LogP contribution in [0, 0.1) is 5.41 Å². The molecular weight excluding hydrogens is 336 g/mol. The molecule has 0 atom stereocenters. The van der Waals surface area contributed by atoms with E-state index in [9.17, 15) is 13.2 Å². The third-order valence-electron chi connectivity index (χ3n) is 3.86. The lowest BCUT2D eigenvalue weighted by Gasteiger charge is -2.33. The van der Waals surface area contributed by atoms with E-state index in [0.717, 1.165) is 6.42 Å². The Kier molecular flexibility index (Phi) is 6.81. The molecule has 0 saturated carbocycles. The molecule has 25 heavy (non-hydrogen) atoms. The summed E-state index contributed by atoms with van der Waals surface area (Å²) in [5.41, 5.74) is 0.0450. The van der Waals surface area contributed by atoms with Crippen molar-refractivity contribution in [3.63, 3.8) is 0 Å². The van der Waals surface area contributed by atoms with Gasteiger partial charge >= 0.3 is 0 Å². The normalized spacial score (nSPS) is 13.1. The second-order valence-corrected chi connectivity index (χ2v) is 10.1. The van der Waals surface area contributed by atoms with Crippen molar-refractivity contribution >= 4 is 15.9 Å². The van der Waals surface area contributed by atoms with Crippen molar-refractivity contribution in [1.29, 1.82) is 0 Å². The van der Waals surface area contributed by atoms with E-state index in [1.807, 2.05) is 13.8 Å². The first-order valence-electron chi connectivity index (χ1n) is 8.75. The molecule has 0 bridgehead atoms. The fraction of sp³-hybridized carbons (Fsp3) is 0.632. The first-order valence-corrected chi connectivity index (χ1v) is 10.2. The number of rotatable bonds is 7. The third kappa shape index (κ3) is 6.12. The number of nitrogens with one attached hydrogen (secondary N) is 1. The fourth-order valence-corrected chi connectivity index (χ4v) is 4.76. The Morgan fingerprint density at radius 2 is 1.64 bits per heavy atom. The summed E-state index contributed by atoms with van der Waals surface area (Å²) < 4.78 is 26.7. The van der Waals surface area contributed by atoms with Crippen LogP contribution in [0.3, 0.4) is 0 Å². The van der Waals surface area contributed by atoms with Gasteiger partial charge in [0.2, 0.25) is 10.0 Å². The second kappa shape index (κ2) is 7.87. The molecular formula is C19H32N2O3S. The van der Waals surface area contributed by atoms with Gasteiger partial charge in [0.15, 0.2) is 0 Å². The summed E-state index contributed by atoms with van der Waals surface area (Å²) in [6.07, 6.45) is 0.809. The van der Waals surface area contributed by atoms with Gasteiger partial charge < -0.3 is 5.32 Å². The van der Waals surface area contributed by atoms with E-state index in [1.165, 1.54) is 16.4 Å². The molecule has 1 amide bonds. The van der Waals surface area contributed by atoms with Gasteiger partial charge in [-0.25, -0.2) is 8.42 Å². The van der Waals surface area contributed by atoms with Crippen molar-refractivity contribution in [2.75, 3.05) is 13.1 Å². The minimum absolute atomic E-state index is 0.0741. The molecule has 1 rings (SSSR count). The van der Waals surface area contributed by atoms with Crippen molar-refractivity contribution in [2.45, 2.75) is 65.3 Å². The van der Waals surface area contributed by atoms with Crippen LogP contribution >= 0.6 is 0 Å². The molecule has 1 aromatic rings. The second-order valence-electron chi connectivity index (χ2n) is 8.19. The van der Waals surface area contributed by atoms with Gasteiger partial charge in [-0.15, -0.1) is 0 Å². The number of benzene rings is 1. The molecule has 0 aliphatic heterocycles. The number of sulfonamides is 1. The highest BCUT2D eigenvalue weighted by atomic mass is 32.2. The quantitative estimate of drug-likeness (QED) is 0.799. The van der Waals surface area contributed by atoms with E-state index in [1.54, 1.807) is 26.0 Å². The fourth-order valence-electron chi connectivity index (χ4n) is 3.26. The SMILES string of the molecule is CCN(CC)S(=O)(=O)c1cccc(C(=O)NC(C)(C)CC(C)(C)C)c1. The zero-order chi connectivity index (χ0) is 19.5. The molecule has 0 spiro atoms. The number of carbonyl (C=O) groups is 1. The van der Waals surface area contributed by atoms with E-state index in [4.69, 9.17) is 0 Å². The number of hydrogen-bond acceptors (Lipinski definition) is 3. The summed E-state index contributed by atoms with van der Waals surface area (Å²) in [5.74, 6) is -0.258. The first-order chi connectivity index (χ1) is 11.3. The molecule has 1 aromatic carbocycles. The van der Waals surface area contributed by atoms with Gasteiger partial charge in [-0.3, -0.25) is 4.79 Å². The Balaban J connectivity index is 3.07. The van der Waals surface area contributed by atoms with E-state index in [2.05, 4.69) is 26.1 Å². The molecule has 5 nitrogen and oxygen atoms in total. The Bertz CT molecular complexity index is 700. The van der Waals surface area contributed by atoms with Crippen LogP contribution in [-0.4, -0.2) is 37.3 Å². The maximum Gasteiger partial charge on any atom is 0.251 e. The van der Waals surface area contributed by atoms with E-state index in [0.29, 0.717) is 18.7 Å². The average molecular weight is 369 g/mol. The van der Waals surface area contributed by atoms with Gasteiger partial charge in [0.05, 0.1) is 4.90 Å². The number of amides is 1. The molecule has 0 radical (unpaired) electrons. The Morgan fingerprint density at radius 3 is 2.12 bits per heavy atom. The van der Waals surface area contributed by atoms with Gasteiger partial charge in [-0.2, -0.15) is 4.31 Å². The molecule has 0 fully saturated rings. The van der Waals surface area contributed by atoms with Crippen LogP contribution in [0.2, 0.25) is 0 Å². The van der Waals surface area contributed by atoms with Gasteiger partial charge in [0, 0.05) is 24.2 Å². The average Bonchev–Trinajstić information content (AvgIpc) is 2.45. The minimum atomic E-state index is -3.58. The number of carbonyl (C=O) groups excluding carboxylic acids is 1. The Labute approximate surface area is 152 Å². The van der Waals surface area contributed by atoms with Crippen LogP contribution in [0.25, 0.3) is 0 Å². The lowest BCUT2D eigenvalue weighted by atomic mass is 9.81. The smallest absolute Gasteiger partial charge is 0.251 e. The summed E-state index contributed by atoms with van der Waals surface area (Å²) in [4.78, 5) is 12.8. The van der Waals surface area contributed by atoms with Crippen molar-refractivity contribution in [3.8, 4) is 0 Å². The summed E-state index contributed by atoms with van der Waals surface area (Å²) in [6.45, 7) is 14.7. The Hall–Kier alpha value is -1.40. The standard InChI is InChI=1S/C19H32N2O3S/c1-8-21(9-2)25(23,24)16-12-10-11-15(13-16)17(22)20-19(6,7)14-18(3,4)5/h10-13H,8-9,14H2,1-7H3,(H,20,22). The van der Waals surface area contributed by atoms with Crippen LogP contribution in [0.5, 0.6) is 0 Å². The van der Waals surface area contributed by atoms with Crippen LogP contribution in [0.15, 0.2) is 29.2 Å². The van der Waals surface area contributed by atoms with Crippen molar-refractivity contribution in [3.05, 3.63) is 29.8 Å². The molecule has 0 heterocycles. The molecule has 6 heteroatoms. The van der Waals surface area contributed by atoms with Gasteiger partial charge in [-0.1, -0.05) is 40.7 Å². The van der Waals surface area contributed by atoms with Crippen LogP contribution < -0.4 is 5.32 Å². The zero-order valence-corrected chi connectivity index (χ0v) is 17.3. The lowest BCUT2D eigenvalue weighted by Crippen LogP contribution is -2.45. The van der Waals surface area contributed by atoms with Gasteiger partial charge in [0.25, 0.3) is 5.91 Å². The largest absolute Gasteiger partial charge is 0.347 e. The number of nitrogens with zero attached hydrogens (tertiary/aromatic N) is 1. The van der Waals surface area contributed by atoms with Crippen molar-refractivity contribution in [2.24, 2.45) is 5.41 Å². The maximum atomic E-state index is 12.6. The van der Waals surface area contributed by atoms with Gasteiger partial charge in [-0.05, 0) is 43.9 Å². The minimum Gasteiger partial charge on any atom is -0.347 e. The van der Waals surface area contributed by atoms with Crippen LogP contribution in [-0.2, 0) is 10.0 Å². The highest BCUT2D eigenvalue weighted by Crippen LogP contribution is 2.27. The molecule has 0 saturated heterocycles. The lowest BCUT2D eigenvalue weighted by molar-refractivity contribution is 0.0891. The summed E-state index contributed by atoms with van der Waals surface area (Å²) in [5, 5.41) is 3.02. The maximum absolute atomic E-state index is 12.6. The number of hydrogen-bond donors (Lipinski definition) is 1. The van der Waals surface area contributed by atoms with E-state index >= 15 is 0 Å². The topological polar surface area (TPSA) is 66.5 Å². The molecule has 142 valence electrons. The molecule has 0 aliphatic carbocycles. The summed E-state index contributed by atoms with van der Waals surface area (Å²) in [6, 6.07) is 6.24. The molecule has 0 unspecified atom stereocenters. The van der Waals surface area contributed by atoms with Gasteiger partial charge in [0.1, 0.15) is 0 Å². The molecule has 0 aromatic heterocycles. The molecule has 1 N–H and O–H groups in total. The van der Waals surface area contributed by atoms with E-state index in [-0.39, 0.29) is 21.8 Å². The van der Waals surface area contributed by atoms with Crippen molar-refractivity contribution in [1.82, 2.24) is 9.62 Å². The highest BCUT2D eigenvalue weighted by Gasteiger charge is 2.28. The Morgan fingerprint density at radius 1 is 1.08 bits per heavy atom. The predicted octanol–water partition coefficient (Wildman–Crippen LogP) is 3.66. The van der Waals surface area contributed by atoms with Crippen LogP contribution in [0.1, 0.15) is 65.2 Å².